The number of hydrogen-bond donors (Lipinski definition) is 3. The van der Waals surface area contributed by atoms with E-state index >= 15 is 0 Å². The lowest BCUT2D eigenvalue weighted by atomic mass is 10.1. The smallest absolute Gasteiger partial charge is 0.319 e. The zero-order valence-electron chi connectivity index (χ0n) is 13.4. The molecule has 1 aliphatic rings. The van der Waals surface area contributed by atoms with Gasteiger partial charge in [0, 0.05) is 23.8 Å². The summed E-state index contributed by atoms with van der Waals surface area (Å²) in [4.78, 5) is 23.7. The fraction of sp³-hybridized carbons (Fsp3) is 0.529. The first-order chi connectivity index (χ1) is 10.6. The van der Waals surface area contributed by atoms with Crippen molar-refractivity contribution in [3.05, 3.63) is 23.8 Å². The number of rotatable bonds is 7. The van der Waals surface area contributed by atoms with E-state index < -0.39 is 0 Å². The van der Waals surface area contributed by atoms with Gasteiger partial charge >= 0.3 is 6.03 Å². The molecule has 0 atom stereocenters. The number of nitrogens with one attached hydrogen (secondary N) is 3. The van der Waals surface area contributed by atoms with Gasteiger partial charge in [0.2, 0.25) is 5.91 Å². The summed E-state index contributed by atoms with van der Waals surface area (Å²) >= 11 is 0. The number of carbonyl (C=O) groups excluding carboxylic acids is 2. The Hall–Kier alpha value is -2.04. The molecule has 5 nitrogen and oxygen atoms in total. The van der Waals surface area contributed by atoms with Crippen molar-refractivity contribution in [1.82, 2.24) is 5.32 Å². The van der Waals surface area contributed by atoms with Crippen LogP contribution >= 0.6 is 0 Å². The van der Waals surface area contributed by atoms with Crippen molar-refractivity contribution in [3.8, 4) is 0 Å². The number of unbranched alkanes of at least 4 members (excludes halogenated alkanes) is 2. The van der Waals surface area contributed by atoms with Gasteiger partial charge in [0.05, 0.1) is 0 Å². The van der Waals surface area contributed by atoms with Crippen LogP contribution in [0.4, 0.5) is 16.2 Å². The Kier molecular flexibility index (Phi) is 5.81. The van der Waals surface area contributed by atoms with Crippen LogP contribution in [-0.2, 0) is 4.79 Å². The first kappa shape index (κ1) is 16.3. The quantitative estimate of drug-likeness (QED) is 0.673. The van der Waals surface area contributed by atoms with E-state index in [0.717, 1.165) is 49.0 Å². The molecule has 3 N–H and O–H groups in total. The molecule has 0 heterocycles. The van der Waals surface area contributed by atoms with Crippen LogP contribution < -0.4 is 16.0 Å². The SMILES string of the molecule is CCCCCNC(=O)Nc1cc(NC(=O)C2CC2)ccc1C. The molecule has 5 heteroatoms. The van der Waals surface area contributed by atoms with Gasteiger partial charge in [-0.2, -0.15) is 0 Å². The first-order valence-corrected chi connectivity index (χ1v) is 8.06. The molecule has 0 aliphatic heterocycles. The number of carbonyl (C=O) groups is 2. The predicted molar refractivity (Wildman–Crippen MR) is 89.1 cm³/mol. The highest BCUT2D eigenvalue weighted by Crippen LogP contribution is 2.30. The monoisotopic (exact) mass is 303 g/mol. The van der Waals surface area contributed by atoms with E-state index in [-0.39, 0.29) is 17.9 Å². The third kappa shape index (κ3) is 5.06. The number of benzene rings is 1. The minimum Gasteiger partial charge on any atom is -0.338 e. The van der Waals surface area contributed by atoms with Crippen LogP contribution in [0.15, 0.2) is 18.2 Å². The Morgan fingerprint density at radius 3 is 2.64 bits per heavy atom. The van der Waals surface area contributed by atoms with Crippen molar-refractivity contribution < 1.29 is 9.59 Å². The van der Waals surface area contributed by atoms with Crippen molar-refractivity contribution in [2.75, 3.05) is 17.2 Å². The van der Waals surface area contributed by atoms with Gasteiger partial charge in [-0.1, -0.05) is 25.8 Å². The predicted octanol–water partition coefficient (Wildman–Crippen LogP) is 3.66. The summed E-state index contributed by atoms with van der Waals surface area (Å²) in [6, 6.07) is 5.36. The van der Waals surface area contributed by atoms with Crippen LogP contribution in [0.3, 0.4) is 0 Å². The molecule has 1 aromatic rings. The maximum absolute atomic E-state index is 11.9. The van der Waals surface area contributed by atoms with Crippen LogP contribution in [0, 0.1) is 12.8 Å². The fourth-order valence-corrected chi connectivity index (χ4v) is 2.17. The lowest BCUT2D eigenvalue weighted by Crippen LogP contribution is -2.29. The third-order valence-corrected chi connectivity index (χ3v) is 3.77. The molecule has 1 saturated carbocycles. The fourth-order valence-electron chi connectivity index (χ4n) is 2.17. The summed E-state index contributed by atoms with van der Waals surface area (Å²) in [5.74, 6) is 0.235. The molecule has 0 spiro atoms. The molecule has 22 heavy (non-hydrogen) atoms. The highest BCUT2D eigenvalue weighted by Gasteiger charge is 2.29. The summed E-state index contributed by atoms with van der Waals surface area (Å²) in [5, 5.41) is 8.58. The Labute approximate surface area is 131 Å². The Balaban J connectivity index is 1.88. The maximum atomic E-state index is 11.9. The molecule has 120 valence electrons. The van der Waals surface area contributed by atoms with Crippen molar-refractivity contribution in [2.45, 2.75) is 46.0 Å². The largest absolute Gasteiger partial charge is 0.338 e. The molecule has 0 aromatic heterocycles. The molecule has 0 unspecified atom stereocenters. The minimum atomic E-state index is -0.204. The highest BCUT2D eigenvalue weighted by molar-refractivity contribution is 5.96. The average molecular weight is 303 g/mol. The summed E-state index contributed by atoms with van der Waals surface area (Å²) in [5.41, 5.74) is 2.42. The van der Waals surface area contributed by atoms with E-state index in [9.17, 15) is 9.59 Å². The van der Waals surface area contributed by atoms with Gasteiger partial charge in [-0.3, -0.25) is 4.79 Å². The Morgan fingerprint density at radius 2 is 1.95 bits per heavy atom. The molecule has 3 amide bonds. The molecule has 2 rings (SSSR count). The second-order valence-electron chi connectivity index (χ2n) is 5.88. The Morgan fingerprint density at radius 1 is 1.18 bits per heavy atom. The number of amides is 3. The van der Waals surface area contributed by atoms with E-state index in [1.165, 1.54) is 0 Å². The third-order valence-electron chi connectivity index (χ3n) is 3.77. The maximum Gasteiger partial charge on any atom is 0.319 e. The molecule has 1 fully saturated rings. The van der Waals surface area contributed by atoms with Gasteiger partial charge in [0.15, 0.2) is 0 Å². The zero-order valence-corrected chi connectivity index (χ0v) is 13.4. The standard InChI is InChI=1S/C17H25N3O2/c1-3-4-5-10-18-17(22)20-15-11-14(9-6-12(15)2)19-16(21)13-7-8-13/h6,9,11,13H,3-5,7-8,10H2,1-2H3,(H,19,21)(H2,18,20,22). The second kappa shape index (κ2) is 7.82. The average Bonchev–Trinajstić information content (AvgIpc) is 3.32. The van der Waals surface area contributed by atoms with Gasteiger partial charge in [0.25, 0.3) is 0 Å². The normalized spacial score (nSPS) is 13.5. The summed E-state index contributed by atoms with van der Waals surface area (Å²) in [6.45, 7) is 4.74. The van der Waals surface area contributed by atoms with E-state index in [1.807, 2.05) is 19.1 Å². The van der Waals surface area contributed by atoms with E-state index in [0.29, 0.717) is 6.54 Å². The lowest BCUT2D eigenvalue weighted by molar-refractivity contribution is -0.117. The number of urea groups is 1. The van der Waals surface area contributed by atoms with Crippen LogP contribution in [0.1, 0.15) is 44.6 Å². The molecule has 0 radical (unpaired) electrons. The van der Waals surface area contributed by atoms with Crippen LogP contribution in [0.5, 0.6) is 0 Å². The number of aryl methyl sites for hydroxylation is 1. The van der Waals surface area contributed by atoms with E-state index in [2.05, 4.69) is 22.9 Å². The highest BCUT2D eigenvalue weighted by atomic mass is 16.2. The van der Waals surface area contributed by atoms with Gasteiger partial charge in [0.1, 0.15) is 0 Å². The van der Waals surface area contributed by atoms with Crippen molar-refractivity contribution in [1.29, 1.82) is 0 Å². The van der Waals surface area contributed by atoms with Crippen LogP contribution in [0.25, 0.3) is 0 Å². The molecule has 1 aliphatic carbocycles. The topological polar surface area (TPSA) is 70.2 Å². The molecular weight excluding hydrogens is 278 g/mol. The van der Waals surface area contributed by atoms with E-state index in [1.54, 1.807) is 6.07 Å². The Bertz CT molecular complexity index is 539. The number of anilines is 2. The van der Waals surface area contributed by atoms with Crippen molar-refractivity contribution in [2.24, 2.45) is 5.92 Å². The minimum absolute atomic E-state index is 0.0684. The molecule has 0 bridgehead atoms. The van der Waals surface area contributed by atoms with Crippen molar-refractivity contribution in [3.63, 3.8) is 0 Å². The van der Waals surface area contributed by atoms with Gasteiger partial charge in [-0.15, -0.1) is 0 Å². The zero-order chi connectivity index (χ0) is 15.9. The molecule has 1 aromatic carbocycles. The van der Waals surface area contributed by atoms with Gasteiger partial charge in [-0.25, -0.2) is 4.79 Å². The molecule has 0 saturated heterocycles. The first-order valence-electron chi connectivity index (χ1n) is 8.06. The summed E-state index contributed by atoms with van der Waals surface area (Å²) in [7, 11) is 0. The van der Waals surface area contributed by atoms with E-state index in [4.69, 9.17) is 0 Å². The van der Waals surface area contributed by atoms with Crippen molar-refractivity contribution >= 4 is 23.3 Å². The van der Waals surface area contributed by atoms with Crippen LogP contribution in [0.2, 0.25) is 0 Å². The van der Waals surface area contributed by atoms with Crippen LogP contribution in [-0.4, -0.2) is 18.5 Å². The summed E-state index contributed by atoms with van der Waals surface area (Å²) < 4.78 is 0. The molecular formula is C17H25N3O2. The van der Waals surface area contributed by atoms with Gasteiger partial charge in [-0.05, 0) is 43.9 Å². The van der Waals surface area contributed by atoms with Gasteiger partial charge < -0.3 is 16.0 Å². The second-order valence-corrected chi connectivity index (χ2v) is 5.88. The number of hydrogen-bond acceptors (Lipinski definition) is 2. The summed E-state index contributed by atoms with van der Waals surface area (Å²) in [6.07, 6.45) is 5.18. The lowest BCUT2D eigenvalue weighted by Gasteiger charge is -2.12.